The number of benzene rings is 1. The van der Waals surface area contributed by atoms with Gasteiger partial charge in [0.15, 0.2) is 5.65 Å². The first kappa shape index (κ1) is 25.7. The summed E-state index contributed by atoms with van der Waals surface area (Å²) in [4.78, 5) is 45.0. The molecule has 4 heterocycles. The minimum Gasteiger partial charge on any atom is -0.465 e. The molecule has 1 aliphatic carbocycles. The molecule has 1 unspecified atom stereocenters. The third-order valence-corrected chi connectivity index (χ3v) is 7.09. The van der Waals surface area contributed by atoms with Crippen molar-refractivity contribution in [3.63, 3.8) is 0 Å². The van der Waals surface area contributed by atoms with Gasteiger partial charge in [-0.05, 0) is 56.4 Å². The molecule has 0 spiro atoms. The zero-order valence-electron chi connectivity index (χ0n) is 21.5. The molecule has 0 bridgehead atoms. The number of nitrogens with one attached hydrogen (secondary N) is 1. The summed E-state index contributed by atoms with van der Waals surface area (Å²) in [5.74, 6) is -0.00562. The molecule has 2 N–H and O–H groups in total. The van der Waals surface area contributed by atoms with Crippen LogP contribution in [0.3, 0.4) is 0 Å². The highest BCUT2D eigenvalue weighted by atomic mass is 16.4. The Kier molecular flexibility index (Phi) is 7.86. The second-order valence-electron chi connectivity index (χ2n) is 10.2. The lowest BCUT2D eigenvalue weighted by atomic mass is 9.95. The van der Waals surface area contributed by atoms with Gasteiger partial charge in [-0.15, -0.1) is 5.10 Å². The van der Waals surface area contributed by atoms with Crippen LogP contribution in [-0.4, -0.2) is 73.6 Å². The van der Waals surface area contributed by atoms with Gasteiger partial charge in [0, 0.05) is 37.3 Å². The van der Waals surface area contributed by atoms with Crippen molar-refractivity contribution in [2.75, 3.05) is 31.5 Å². The lowest BCUT2D eigenvalue weighted by molar-refractivity contribution is -0.137. The molecule has 2 aliphatic heterocycles. The number of carboxylic acid groups (broad SMARTS) is 1. The number of pyridine rings is 1. The number of nitrogens with zero attached hydrogens (tertiary/aromatic N) is 5. The number of hydrogen-bond acceptors (Lipinski definition) is 5. The van der Waals surface area contributed by atoms with E-state index in [0.29, 0.717) is 24.3 Å². The van der Waals surface area contributed by atoms with Crippen LogP contribution < -0.4 is 5.32 Å². The Morgan fingerprint density at radius 2 is 1.53 bits per heavy atom. The van der Waals surface area contributed by atoms with E-state index in [1.165, 1.54) is 25.7 Å². The molecule has 200 valence electrons. The van der Waals surface area contributed by atoms with Crippen molar-refractivity contribution in [1.29, 1.82) is 0 Å². The van der Waals surface area contributed by atoms with Crippen LogP contribution in [0.2, 0.25) is 0 Å². The van der Waals surface area contributed by atoms with E-state index in [-0.39, 0.29) is 23.7 Å². The van der Waals surface area contributed by atoms with Gasteiger partial charge in [0.2, 0.25) is 5.91 Å². The van der Waals surface area contributed by atoms with E-state index in [1.54, 1.807) is 27.6 Å². The van der Waals surface area contributed by atoms with Crippen LogP contribution in [0.25, 0.3) is 16.9 Å². The number of anilines is 1. The molecule has 1 aromatic carbocycles. The Bertz CT molecular complexity index is 1290. The average molecular weight is 519 g/mol. The van der Waals surface area contributed by atoms with Crippen LogP contribution >= 0.6 is 0 Å². The van der Waals surface area contributed by atoms with Gasteiger partial charge in [-0.2, -0.15) is 4.98 Å². The van der Waals surface area contributed by atoms with Gasteiger partial charge < -0.3 is 14.9 Å². The molecule has 6 rings (SSSR count). The number of likely N-dealkylation sites (tertiary alicyclic amines) is 2. The largest absolute Gasteiger partial charge is 0.465 e. The fourth-order valence-corrected chi connectivity index (χ4v) is 4.97. The molecule has 38 heavy (non-hydrogen) atoms. The van der Waals surface area contributed by atoms with E-state index in [2.05, 4.69) is 15.4 Å². The van der Waals surface area contributed by atoms with Crippen LogP contribution in [0.4, 0.5) is 10.7 Å². The van der Waals surface area contributed by atoms with Gasteiger partial charge in [-0.1, -0.05) is 37.5 Å². The summed E-state index contributed by atoms with van der Waals surface area (Å²) in [6, 6.07) is 12.6. The van der Waals surface area contributed by atoms with Gasteiger partial charge in [-0.25, -0.2) is 9.31 Å². The third kappa shape index (κ3) is 6.12. The highest BCUT2D eigenvalue weighted by Gasteiger charge is 2.32. The third-order valence-electron chi connectivity index (χ3n) is 7.09. The first-order chi connectivity index (χ1) is 18.5. The summed E-state index contributed by atoms with van der Waals surface area (Å²) >= 11 is 0. The van der Waals surface area contributed by atoms with Crippen LogP contribution in [0.15, 0.2) is 42.5 Å². The Morgan fingerprint density at radius 1 is 0.842 bits per heavy atom. The minimum absolute atomic E-state index is 0.00417. The maximum atomic E-state index is 13.2. The highest BCUT2D eigenvalue weighted by Crippen LogP contribution is 2.25. The Labute approximate surface area is 221 Å². The first-order valence-electron chi connectivity index (χ1n) is 13.5. The molecule has 2 aromatic heterocycles. The maximum absolute atomic E-state index is 13.2. The molecule has 3 aromatic rings. The minimum atomic E-state index is -1.23. The molecule has 10 nitrogen and oxygen atoms in total. The fourth-order valence-electron chi connectivity index (χ4n) is 4.97. The Balaban J connectivity index is 0.000000916. The van der Waals surface area contributed by atoms with Gasteiger partial charge in [0.25, 0.3) is 11.9 Å². The number of piperidine rings is 2. The molecule has 0 radical (unpaired) electrons. The lowest BCUT2D eigenvalue weighted by Crippen LogP contribution is -2.47. The van der Waals surface area contributed by atoms with E-state index in [9.17, 15) is 14.4 Å². The second-order valence-corrected chi connectivity index (χ2v) is 10.2. The van der Waals surface area contributed by atoms with Gasteiger partial charge in [0.1, 0.15) is 0 Å². The first-order valence-corrected chi connectivity index (χ1v) is 13.5. The summed E-state index contributed by atoms with van der Waals surface area (Å²) in [5.41, 5.74) is 2.61. The van der Waals surface area contributed by atoms with Crippen molar-refractivity contribution in [2.45, 2.75) is 51.4 Å². The number of carbonyl (C=O) groups excluding carboxylic acids is 2. The van der Waals surface area contributed by atoms with Crippen molar-refractivity contribution >= 4 is 29.5 Å². The SMILES string of the molecule is C1CC1.O=C(O)Nc1nc2cccc(-c3ccc(C(=O)N4CCCC(C(=O)N5CCCCC5)C4)cc3)n2n1. The molecule has 1 saturated carbocycles. The van der Waals surface area contributed by atoms with E-state index < -0.39 is 6.09 Å². The molecule has 3 aliphatic rings. The van der Waals surface area contributed by atoms with Crippen LogP contribution in [-0.2, 0) is 4.79 Å². The maximum Gasteiger partial charge on any atom is 0.411 e. The van der Waals surface area contributed by atoms with Crippen molar-refractivity contribution < 1.29 is 19.5 Å². The molecule has 3 fully saturated rings. The predicted molar refractivity (Wildman–Crippen MR) is 143 cm³/mol. The van der Waals surface area contributed by atoms with Gasteiger partial charge in [0.05, 0.1) is 11.6 Å². The molecule has 10 heteroatoms. The average Bonchev–Trinajstić information content (AvgIpc) is 3.78. The molecule has 3 amide bonds. The monoisotopic (exact) mass is 518 g/mol. The summed E-state index contributed by atoms with van der Waals surface area (Å²) in [6.45, 7) is 2.78. The summed E-state index contributed by atoms with van der Waals surface area (Å²) < 4.78 is 1.56. The van der Waals surface area contributed by atoms with Crippen molar-refractivity contribution in [1.82, 2.24) is 24.4 Å². The quantitative estimate of drug-likeness (QED) is 0.524. The topological polar surface area (TPSA) is 120 Å². The number of fused-ring (bicyclic) bond motifs is 1. The lowest BCUT2D eigenvalue weighted by Gasteiger charge is -2.36. The van der Waals surface area contributed by atoms with E-state index >= 15 is 0 Å². The number of amides is 3. The summed E-state index contributed by atoms with van der Waals surface area (Å²) in [7, 11) is 0. The summed E-state index contributed by atoms with van der Waals surface area (Å²) in [6.07, 6.45) is 8.23. The normalized spacial score (nSPS) is 18.9. The molecular weight excluding hydrogens is 484 g/mol. The van der Waals surface area contributed by atoms with Crippen LogP contribution in [0.5, 0.6) is 0 Å². The predicted octanol–water partition coefficient (Wildman–Crippen LogP) is 4.52. The number of aromatic nitrogens is 3. The Morgan fingerprint density at radius 3 is 2.21 bits per heavy atom. The van der Waals surface area contributed by atoms with Crippen molar-refractivity contribution in [3.05, 3.63) is 48.0 Å². The smallest absolute Gasteiger partial charge is 0.411 e. The zero-order valence-corrected chi connectivity index (χ0v) is 21.5. The number of carbonyl (C=O) groups is 3. The van der Waals surface area contributed by atoms with Gasteiger partial charge >= 0.3 is 6.09 Å². The second kappa shape index (κ2) is 11.6. The summed E-state index contributed by atoms with van der Waals surface area (Å²) in [5, 5.41) is 15.3. The van der Waals surface area contributed by atoms with Crippen LogP contribution in [0.1, 0.15) is 61.7 Å². The van der Waals surface area contributed by atoms with Crippen LogP contribution in [0, 0.1) is 5.92 Å². The zero-order chi connectivity index (χ0) is 26.5. The standard InChI is InChI=1S/C25H28N6O4.C3H6/c32-22(30-15-5-6-19(16-30)23(33)29-13-2-1-3-14-29)18-11-9-17(10-12-18)20-7-4-8-21-26-24(27-25(34)35)28-31(20)21;1-2-3-1/h4,7-12,19H,1-3,5-6,13-16H2,(H,27,28)(H,34,35);1-3H2. The van der Waals surface area contributed by atoms with Crippen molar-refractivity contribution in [2.24, 2.45) is 5.92 Å². The molecule has 1 atom stereocenters. The fraction of sp³-hybridized carbons (Fsp3) is 0.464. The Hall–Kier alpha value is -3.95. The number of hydrogen-bond donors (Lipinski definition) is 2. The van der Waals surface area contributed by atoms with E-state index in [4.69, 9.17) is 5.11 Å². The van der Waals surface area contributed by atoms with E-state index in [0.717, 1.165) is 50.0 Å². The highest BCUT2D eigenvalue weighted by molar-refractivity contribution is 5.95. The molecule has 2 saturated heterocycles. The van der Waals surface area contributed by atoms with Crippen molar-refractivity contribution in [3.8, 4) is 11.3 Å². The van der Waals surface area contributed by atoms with Gasteiger partial charge in [-0.3, -0.25) is 14.9 Å². The van der Waals surface area contributed by atoms with E-state index in [1.807, 2.05) is 29.2 Å². The number of rotatable bonds is 4. The molecular formula is C28H34N6O4.